The monoisotopic (exact) mass is 288 g/mol. The third-order valence-corrected chi connectivity index (χ3v) is 2.52. The summed E-state index contributed by atoms with van der Waals surface area (Å²) in [6.45, 7) is 0. The van der Waals surface area contributed by atoms with Gasteiger partial charge < -0.3 is 11.1 Å². The maximum absolute atomic E-state index is 12.9. The number of aromatic nitrogens is 2. The van der Waals surface area contributed by atoms with Gasteiger partial charge in [-0.05, 0) is 18.2 Å². The van der Waals surface area contributed by atoms with Crippen LogP contribution in [0.25, 0.3) is 0 Å². The van der Waals surface area contributed by atoms with Gasteiger partial charge in [0.25, 0.3) is 0 Å². The van der Waals surface area contributed by atoms with Gasteiger partial charge in [0.1, 0.15) is 6.33 Å². The van der Waals surface area contributed by atoms with E-state index in [2.05, 4.69) is 15.3 Å². The fourth-order valence-electron chi connectivity index (χ4n) is 1.43. The number of nitrogen functional groups attached to an aromatic ring is 1. The molecule has 3 N–H and O–H groups in total. The maximum Gasteiger partial charge on any atom is 0.418 e. The molecule has 0 saturated carbocycles. The molecule has 4 nitrogen and oxygen atoms in total. The van der Waals surface area contributed by atoms with Crippen LogP contribution in [0, 0.1) is 0 Å². The highest BCUT2D eigenvalue weighted by Gasteiger charge is 2.34. The van der Waals surface area contributed by atoms with E-state index in [0.717, 1.165) is 6.07 Å². The second kappa shape index (κ2) is 4.93. The average molecular weight is 289 g/mol. The van der Waals surface area contributed by atoms with Crippen molar-refractivity contribution in [2.24, 2.45) is 0 Å². The molecule has 2 rings (SSSR count). The van der Waals surface area contributed by atoms with Gasteiger partial charge in [-0.1, -0.05) is 11.6 Å². The lowest BCUT2D eigenvalue weighted by Crippen LogP contribution is -2.10. The summed E-state index contributed by atoms with van der Waals surface area (Å²) in [5.41, 5.74) is 4.64. The normalized spacial score (nSPS) is 11.4. The van der Waals surface area contributed by atoms with E-state index in [0.29, 0.717) is 0 Å². The summed E-state index contributed by atoms with van der Waals surface area (Å²) in [4.78, 5) is 7.42. The first kappa shape index (κ1) is 13.4. The molecule has 1 heterocycles. The van der Waals surface area contributed by atoms with Gasteiger partial charge in [0.15, 0.2) is 5.82 Å². The Balaban J connectivity index is 2.44. The van der Waals surface area contributed by atoms with Crippen molar-refractivity contribution < 1.29 is 13.2 Å². The number of hydrogen-bond acceptors (Lipinski definition) is 4. The maximum atomic E-state index is 12.9. The second-order valence-electron chi connectivity index (χ2n) is 3.64. The van der Waals surface area contributed by atoms with E-state index in [9.17, 15) is 13.2 Å². The Morgan fingerprint density at radius 2 is 2.00 bits per heavy atom. The minimum atomic E-state index is -4.53. The van der Waals surface area contributed by atoms with Crippen molar-refractivity contribution in [3.63, 3.8) is 0 Å². The molecule has 0 aliphatic heterocycles. The Hall–Kier alpha value is -2.02. The Bertz CT molecular complexity index is 601. The van der Waals surface area contributed by atoms with E-state index in [1.54, 1.807) is 0 Å². The molecule has 0 spiro atoms. The fraction of sp³-hybridized carbons (Fsp3) is 0.0909. The molecule has 100 valence electrons. The van der Waals surface area contributed by atoms with Gasteiger partial charge in [0, 0.05) is 5.02 Å². The molecule has 0 amide bonds. The van der Waals surface area contributed by atoms with Crippen LogP contribution >= 0.6 is 11.6 Å². The third kappa shape index (κ3) is 3.05. The van der Waals surface area contributed by atoms with Gasteiger partial charge in [0.05, 0.1) is 23.1 Å². The van der Waals surface area contributed by atoms with Crippen LogP contribution in [-0.4, -0.2) is 9.97 Å². The third-order valence-electron chi connectivity index (χ3n) is 2.28. The molecule has 0 bridgehead atoms. The minimum absolute atomic E-state index is 0.00599. The lowest BCUT2D eigenvalue weighted by atomic mass is 10.1. The zero-order valence-corrected chi connectivity index (χ0v) is 10.1. The van der Waals surface area contributed by atoms with E-state index >= 15 is 0 Å². The van der Waals surface area contributed by atoms with Crippen molar-refractivity contribution in [1.29, 1.82) is 0 Å². The molecule has 0 saturated heterocycles. The van der Waals surface area contributed by atoms with Gasteiger partial charge >= 0.3 is 6.18 Å². The van der Waals surface area contributed by atoms with E-state index < -0.39 is 11.7 Å². The molecule has 1 aromatic carbocycles. The Morgan fingerprint density at radius 3 is 2.63 bits per heavy atom. The number of nitrogens with one attached hydrogen (secondary N) is 1. The molecule has 1 aromatic heterocycles. The van der Waals surface area contributed by atoms with E-state index in [1.165, 1.54) is 24.7 Å². The Morgan fingerprint density at radius 1 is 1.26 bits per heavy atom. The Labute approximate surface area is 111 Å². The Kier molecular flexibility index (Phi) is 3.48. The van der Waals surface area contributed by atoms with Gasteiger partial charge in [-0.15, -0.1) is 0 Å². The number of nitrogens with zero attached hydrogens (tertiary/aromatic N) is 2. The van der Waals surface area contributed by atoms with Gasteiger partial charge in [-0.2, -0.15) is 13.2 Å². The average Bonchev–Trinajstić information content (AvgIpc) is 2.33. The van der Waals surface area contributed by atoms with Crippen molar-refractivity contribution in [1.82, 2.24) is 9.97 Å². The fourth-order valence-corrected chi connectivity index (χ4v) is 1.60. The molecular weight excluding hydrogens is 281 g/mol. The van der Waals surface area contributed by atoms with E-state index in [-0.39, 0.29) is 22.2 Å². The standard InChI is InChI=1S/C11H8ClF3N4/c12-6-1-2-9(7(3-6)11(13,14)15)19-10-8(16)4-17-5-18-10/h1-5H,16H2,(H,17,18,19). The highest BCUT2D eigenvalue weighted by atomic mass is 35.5. The van der Waals surface area contributed by atoms with Crippen molar-refractivity contribution in [3.05, 3.63) is 41.3 Å². The first-order valence-electron chi connectivity index (χ1n) is 5.07. The number of hydrogen-bond donors (Lipinski definition) is 2. The molecule has 19 heavy (non-hydrogen) atoms. The summed E-state index contributed by atoms with van der Waals surface area (Å²) in [6.07, 6.45) is -2.06. The molecule has 0 aliphatic carbocycles. The molecule has 0 aliphatic rings. The van der Waals surface area contributed by atoms with Crippen molar-refractivity contribution in [3.8, 4) is 0 Å². The molecule has 0 radical (unpaired) electrons. The van der Waals surface area contributed by atoms with Crippen LogP contribution in [-0.2, 0) is 6.18 Å². The number of anilines is 3. The highest BCUT2D eigenvalue weighted by Crippen LogP contribution is 2.37. The number of benzene rings is 1. The summed E-state index contributed by atoms with van der Waals surface area (Å²) < 4.78 is 38.6. The molecule has 0 unspecified atom stereocenters. The molecule has 8 heteroatoms. The van der Waals surface area contributed by atoms with Crippen LogP contribution < -0.4 is 11.1 Å². The van der Waals surface area contributed by atoms with Crippen molar-refractivity contribution in [2.75, 3.05) is 11.1 Å². The summed E-state index contributed by atoms with van der Waals surface area (Å²) in [5.74, 6) is 0.0998. The lowest BCUT2D eigenvalue weighted by molar-refractivity contribution is -0.136. The van der Waals surface area contributed by atoms with Gasteiger partial charge in [0.2, 0.25) is 0 Å². The predicted octanol–water partition coefficient (Wildman–Crippen LogP) is 3.47. The smallest absolute Gasteiger partial charge is 0.394 e. The summed E-state index contributed by atoms with van der Waals surface area (Å²) in [7, 11) is 0. The minimum Gasteiger partial charge on any atom is -0.394 e. The number of nitrogens with two attached hydrogens (primary N) is 1. The lowest BCUT2D eigenvalue weighted by Gasteiger charge is -2.15. The van der Waals surface area contributed by atoms with Crippen LogP contribution in [0.4, 0.5) is 30.4 Å². The number of halogens is 4. The van der Waals surface area contributed by atoms with Crippen LogP contribution in [0.1, 0.15) is 5.56 Å². The van der Waals surface area contributed by atoms with E-state index in [4.69, 9.17) is 17.3 Å². The molecule has 2 aromatic rings. The van der Waals surface area contributed by atoms with Gasteiger partial charge in [-0.25, -0.2) is 9.97 Å². The predicted molar refractivity (Wildman–Crippen MR) is 66.2 cm³/mol. The summed E-state index contributed by atoms with van der Waals surface area (Å²) in [6, 6.07) is 3.39. The van der Waals surface area contributed by atoms with E-state index in [1.807, 2.05) is 0 Å². The zero-order chi connectivity index (χ0) is 14.0. The van der Waals surface area contributed by atoms with Crippen LogP contribution in [0.2, 0.25) is 5.02 Å². The first-order chi connectivity index (χ1) is 8.88. The zero-order valence-electron chi connectivity index (χ0n) is 9.37. The van der Waals surface area contributed by atoms with Crippen LogP contribution in [0.3, 0.4) is 0 Å². The number of alkyl halides is 3. The molecular formula is C11H8ClF3N4. The van der Waals surface area contributed by atoms with Crippen molar-refractivity contribution in [2.45, 2.75) is 6.18 Å². The molecule has 0 atom stereocenters. The summed E-state index contributed by atoms with van der Waals surface area (Å²) in [5, 5.41) is 2.51. The van der Waals surface area contributed by atoms with Gasteiger partial charge in [-0.3, -0.25) is 0 Å². The highest BCUT2D eigenvalue weighted by molar-refractivity contribution is 6.30. The van der Waals surface area contributed by atoms with Crippen LogP contribution in [0.15, 0.2) is 30.7 Å². The quantitative estimate of drug-likeness (QED) is 0.888. The summed E-state index contributed by atoms with van der Waals surface area (Å²) >= 11 is 5.58. The SMILES string of the molecule is Nc1cncnc1Nc1ccc(Cl)cc1C(F)(F)F. The first-order valence-corrected chi connectivity index (χ1v) is 5.45. The second-order valence-corrected chi connectivity index (χ2v) is 4.08. The number of rotatable bonds is 2. The topological polar surface area (TPSA) is 63.8 Å². The largest absolute Gasteiger partial charge is 0.418 e. The molecule has 0 fully saturated rings. The van der Waals surface area contributed by atoms with Crippen LogP contribution in [0.5, 0.6) is 0 Å². The van der Waals surface area contributed by atoms with Crippen molar-refractivity contribution >= 4 is 28.8 Å².